The summed E-state index contributed by atoms with van der Waals surface area (Å²) in [6.45, 7) is 2.19. The van der Waals surface area contributed by atoms with Gasteiger partial charge in [0.2, 0.25) is 0 Å². The fraction of sp³-hybridized carbons (Fsp3) is 0.429. The number of aromatic nitrogens is 2. The summed E-state index contributed by atoms with van der Waals surface area (Å²) in [5.41, 5.74) is 1.19. The van der Waals surface area contributed by atoms with Gasteiger partial charge in [-0.25, -0.2) is 9.97 Å². The highest BCUT2D eigenvalue weighted by Gasteiger charge is 2.25. The Morgan fingerprint density at radius 3 is 3.00 bits per heavy atom. The van der Waals surface area contributed by atoms with E-state index in [0.29, 0.717) is 12.0 Å². The number of nitrogens with one attached hydrogen (secondary N) is 1. The van der Waals surface area contributed by atoms with Crippen LogP contribution in [0.15, 0.2) is 29.9 Å². The van der Waals surface area contributed by atoms with Gasteiger partial charge >= 0.3 is 0 Å². The van der Waals surface area contributed by atoms with Crippen molar-refractivity contribution < 1.29 is 0 Å². The van der Waals surface area contributed by atoms with Crippen molar-refractivity contribution in [1.29, 1.82) is 0 Å². The second-order valence-corrected chi connectivity index (χ2v) is 5.70. The molecule has 2 aromatic rings. The van der Waals surface area contributed by atoms with Gasteiger partial charge in [0.15, 0.2) is 0 Å². The van der Waals surface area contributed by atoms with E-state index in [2.05, 4.69) is 45.8 Å². The SMILES string of the molecule is CC[C@H](Nc1cc(C2CC2)ncn1)c1cccs1. The Morgan fingerprint density at radius 1 is 1.44 bits per heavy atom. The molecule has 1 aliphatic rings. The largest absolute Gasteiger partial charge is 0.362 e. The zero-order valence-corrected chi connectivity index (χ0v) is 11.3. The maximum Gasteiger partial charge on any atom is 0.130 e. The van der Waals surface area contributed by atoms with E-state index in [4.69, 9.17) is 0 Å². The molecule has 0 bridgehead atoms. The summed E-state index contributed by atoms with van der Waals surface area (Å²) in [6.07, 6.45) is 5.29. The van der Waals surface area contributed by atoms with Crippen molar-refractivity contribution in [1.82, 2.24) is 9.97 Å². The fourth-order valence-corrected chi connectivity index (χ4v) is 2.96. The molecule has 0 radical (unpaired) electrons. The highest BCUT2D eigenvalue weighted by molar-refractivity contribution is 7.10. The van der Waals surface area contributed by atoms with Crippen LogP contribution >= 0.6 is 11.3 Å². The van der Waals surface area contributed by atoms with Crippen LogP contribution in [0.1, 0.15) is 48.7 Å². The molecule has 3 nitrogen and oxygen atoms in total. The van der Waals surface area contributed by atoms with Crippen LogP contribution < -0.4 is 5.32 Å². The minimum Gasteiger partial charge on any atom is -0.362 e. The summed E-state index contributed by atoms with van der Waals surface area (Å²) < 4.78 is 0. The van der Waals surface area contributed by atoms with Crippen molar-refractivity contribution in [2.24, 2.45) is 0 Å². The van der Waals surface area contributed by atoms with Crippen LogP contribution in [0.4, 0.5) is 5.82 Å². The minimum absolute atomic E-state index is 0.354. The molecule has 0 spiro atoms. The fourth-order valence-electron chi connectivity index (χ4n) is 2.10. The minimum atomic E-state index is 0.354. The number of rotatable bonds is 5. The molecule has 1 aliphatic carbocycles. The van der Waals surface area contributed by atoms with E-state index in [9.17, 15) is 0 Å². The smallest absolute Gasteiger partial charge is 0.130 e. The van der Waals surface area contributed by atoms with Gasteiger partial charge < -0.3 is 5.32 Å². The molecule has 0 amide bonds. The molecule has 1 atom stereocenters. The lowest BCUT2D eigenvalue weighted by Gasteiger charge is -2.16. The Kier molecular flexibility index (Phi) is 3.28. The summed E-state index contributed by atoms with van der Waals surface area (Å²) >= 11 is 1.79. The third kappa shape index (κ3) is 2.53. The lowest BCUT2D eigenvalue weighted by atomic mass is 10.2. The van der Waals surface area contributed by atoms with Crippen molar-refractivity contribution in [2.75, 3.05) is 5.32 Å². The lowest BCUT2D eigenvalue weighted by Crippen LogP contribution is -2.09. The third-order valence-corrected chi connectivity index (χ3v) is 4.29. The van der Waals surface area contributed by atoms with E-state index in [0.717, 1.165) is 12.2 Å². The number of hydrogen-bond acceptors (Lipinski definition) is 4. The first-order valence-corrected chi connectivity index (χ1v) is 7.36. The first-order chi connectivity index (χ1) is 8.86. The molecule has 4 heteroatoms. The summed E-state index contributed by atoms with van der Waals surface area (Å²) in [4.78, 5) is 10.0. The molecular weight excluding hydrogens is 242 g/mol. The Bertz CT molecular complexity index is 506. The van der Waals surface area contributed by atoms with Crippen molar-refractivity contribution in [3.63, 3.8) is 0 Å². The van der Waals surface area contributed by atoms with Crippen LogP contribution in [0.5, 0.6) is 0 Å². The summed E-state index contributed by atoms with van der Waals surface area (Å²) in [7, 11) is 0. The van der Waals surface area contributed by atoms with Gasteiger partial charge in [-0.3, -0.25) is 0 Å². The van der Waals surface area contributed by atoms with Gasteiger partial charge in [-0.1, -0.05) is 13.0 Å². The van der Waals surface area contributed by atoms with E-state index in [-0.39, 0.29) is 0 Å². The van der Waals surface area contributed by atoms with E-state index < -0.39 is 0 Å². The molecule has 1 saturated carbocycles. The van der Waals surface area contributed by atoms with Crippen LogP contribution in [0.3, 0.4) is 0 Å². The van der Waals surface area contributed by atoms with Crippen LogP contribution in [-0.2, 0) is 0 Å². The van der Waals surface area contributed by atoms with Crippen molar-refractivity contribution in [3.8, 4) is 0 Å². The van der Waals surface area contributed by atoms with Gasteiger partial charge in [-0.15, -0.1) is 11.3 Å². The molecule has 3 rings (SSSR count). The molecular formula is C14H17N3S. The van der Waals surface area contributed by atoms with Gasteiger partial charge in [0.1, 0.15) is 12.1 Å². The van der Waals surface area contributed by atoms with Crippen LogP contribution in [-0.4, -0.2) is 9.97 Å². The maximum absolute atomic E-state index is 4.35. The number of hydrogen-bond donors (Lipinski definition) is 1. The number of nitrogens with zero attached hydrogens (tertiary/aromatic N) is 2. The predicted molar refractivity (Wildman–Crippen MR) is 75.0 cm³/mol. The van der Waals surface area contributed by atoms with Gasteiger partial charge in [0.25, 0.3) is 0 Å². The number of anilines is 1. The zero-order valence-electron chi connectivity index (χ0n) is 10.5. The highest BCUT2D eigenvalue weighted by Crippen LogP contribution is 2.39. The van der Waals surface area contributed by atoms with Crippen molar-refractivity contribution >= 4 is 17.2 Å². The van der Waals surface area contributed by atoms with Crippen LogP contribution in [0.25, 0.3) is 0 Å². The topological polar surface area (TPSA) is 37.8 Å². The van der Waals surface area contributed by atoms with Gasteiger partial charge in [-0.05, 0) is 30.7 Å². The molecule has 0 unspecified atom stereocenters. The quantitative estimate of drug-likeness (QED) is 0.882. The average Bonchev–Trinajstić information content (AvgIpc) is 3.12. The monoisotopic (exact) mass is 259 g/mol. The molecule has 18 heavy (non-hydrogen) atoms. The summed E-state index contributed by atoms with van der Waals surface area (Å²) in [6, 6.07) is 6.73. The molecule has 1 fully saturated rings. The Morgan fingerprint density at radius 2 is 2.33 bits per heavy atom. The molecule has 1 N–H and O–H groups in total. The predicted octanol–water partition coefficient (Wildman–Crippen LogP) is 3.98. The Labute approximate surface area is 111 Å². The molecule has 0 aromatic carbocycles. The average molecular weight is 259 g/mol. The van der Waals surface area contributed by atoms with E-state index in [1.54, 1.807) is 17.7 Å². The molecule has 0 saturated heterocycles. The third-order valence-electron chi connectivity index (χ3n) is 3.30. The van der Waals surface area contributed by atoms with Gasteiger partial charge in [-0.2, -0.15) is 0 Å². The molecule has 2 heterocycles. The summed E-state index contributed by atoms with van der Waals surface area (Å²) in [5, 5.41) is 5.63. The van der Waals surface area contributed by atoms with E-state index >= 15 is 0 Å². The standard InChI is InChI=1S/C14H17N3S/c1-2-11(13-4-3-7-18-13)17-14-8-12(10-5-6-10)15-9-16-14/h3-4,7-11H,2,5-6H2,1H3,(H,15,16,17)/t11-/m0/s1. The van der Waals surface area contributed by atoms with Gasteiger partial charge in [0.05, 0.1) is 6.04 Å². The Balaban J connectivity index is 1.76. The second kappa shape index (κ2) is 5.06. The Hall–Kier alpha value is -1.42. The van der Waals surface area contributed by atoms with Crippen LogP contribution in [0.2, 0.25) is 0 Å². The first-order valence-electron chi connectivity index (χ1n) is 6.48. The van der Waals surface area contributed by atoms with Crippen LogP contribution in [0, 0.1) is 0 Å². The van der Waals surface area contributed by atoms with Crippen molar-refractivity contribution in [3.05, 3.63) is 40.5 Å². The molecule has 0 aliphatic heterocycles. The maximum atomic E-state index is 4.35. The second-order valence-electron chi connectivity index (χ2n) is 4.72. The summed E-state index contributed by atoms with van der Waals surface area (Å²) in [5.74, 6) is 1.63. The number of thiophene rings is 1. The normalized spacial score (nSPS) is 16.5. The van der Waals surface area contributed by atoms with Crippen molar-refractivity contribution in [2.45, 2.75) is 38.1 Å². The molecule has 2 aromatic heterocycles. The zero-order chi connectivity index (χ0) is 12.4. The first kappa shape index (κ1) is 11.7. The lowest BCUT2D eigenvalue weighted by molar-refractivity contribution is 0.756. The molecule has 94 valence electrons. The highest BCUT2D eigenvalue weighted by atomic mass is 32.1. The van der Waals surface area contributed by atoms with E-state index in [1.807, 2.05) is 0 Å². The van der Waals surface area contributed by atoms with Gasteiger partial charge in [0, 0.05) is 22.6 Å². The van der Waals surface area contributed by atoms with E-state index in [1.165, 1.54) is 23.4 Å².